The molecule has 3 heteroatoms. The molecule has 2 aliphatic heterocycles. The van der Waals surface area contributed by atoms with E-state index in [0.29, 0.717) is 0 Å². The average molecular weight is 630 g/mol. The minimum absolute atomic E-state index is 0.00450. The topological polar surface area (TPSA) is 14.2 Å². The highest BCUT2D eigenvalue weighted by Gasteiger charge is 2.42. The number of ether oxygens (including phenoxy) is 1. The highest BCUT2D eigenvalue weighted by Crippen LogP contribution is 2.43. The fourth-order valence-electron chi connectivity index (χ4n) is 8.43. The van der Waals surface area contributed by atoms with Gasteiger partial charge in [0.25, 0.3) is 6.71 Å². The first-order chi connectivity index (χ1) is 22.4. The molecule has 0 amide bonds. The van der Waals surface area contributed by atoms with Crippen LogP contribution in [0.15, 0.2) is 72.8 Å². The summed E-state index contributed by atoms with van der Waals surface area (Å²) >= 11 is 0. The number of rotatable bonds is 1. The van der Waals surface area contributed by atoms with Crippen LogP contribution in [0.4, 0.5) is 0 Å². The van der Waals surface area contributed by atoms with Crippen LogP contribution in [0.25, 0.3) is 38.6 Å². The van der Waals surface area contributed by atoms with Crippen LogP contribution in [0, 0.1) is 20.8 Å². The Morgan fingerprint density at radius 2 is 1.15 bits per heavy atom. The summed E-state index contributed by atoms with van der Waals surface area (Å²) in [5.74, 6) is 1.94. The summed E-state index contributed by atoms with van der Waals surface area (Å²) in [5, 5.41) is 2.67. The lowest BCUT2D eigenvalue weighted by Gasteiger charge is -2.35. The van der Waals surface area contributed by atoms with E-state index in [1.54, 1.807) is 0 Å². The number of fused-ring (bicyclic) bond motifs is 7. The molecule has 0 atom stereocenters. The van der Waals surface area contributed by atoms with Crippen molar-refractivity contribution in [1.29, 1.82) is 0 Å². The quantitative estimate of drug-likeness (QED) is 0.165. The molecule has 0 saturated carbocycles. The van der Waals surface area contributed by atoms with Crippen molar-refractivity contribution in [3.05, 3.63) is 106 Å². The second kappa shape index (κ2) is 9.91. The number of benzene rings is 5. The first-order valence-electron chi connectivity index (χ1n) is 17.6. The van der Waals surface area contributed by atoms with E-state index in [4.69, 9.17) is 4.74 Å². The maximum Gasteiger partial charge on any atom is 0.256 e. The summed E-state index contributed by atoms with van der Waals surface area (Å²) in [6.07, 6.45) is 0. The van der Waals surface area contributed by atoms with E-state index in [0.717, 1.165) is 11.5 Å². The first-order valence-corrected chi connectivity index (χ1v) is 17.6. The molecule has 0 unspecified atom stereocenters. The molecule has 0 radical (unpaired) electrons. The number of hydrogen-bond acceptors (Lipinski definition) is 1. The van der Waals surface area contributed by atoms with Gasteiger partial charge in [-0.2, -0.15) is 0 Å². The maximum atomic E-state index is 7.01. The summed E-state index contributed by atoms with van der Waals surface area (Å²) in [6, 6.07) is 28.5. The van der Waals surface area contributed by atoms with Gasteiger partial charge >= 0.3 is 0 Å². The van der Waals surface area contributed by atoms with Gasteiger partial charge in [-0.05, 0) is 129 Å². The molecule has 48 heavy (non-hydrogen) atoms. The molecular weight excluding hydrogens is 581 g/mol. The van der Waals surface area contributed by atoms with Gasteiger partial charge in [-0.25, -0.2) is 0 Å². The Morgan fingerprint density at radius 1 is 0.562 bits per heavy atom. The van der Waals surface area contributed by atoms with E-state index in [-0.39, 0.29) is 23.0 Å². The lowest BCUT2D eigenvalue weighted by molar-refractivity contribution is 0.486. The van der Waals surface area contributed by atoms with Gasteiger partial charge in [0.1, 0.15) is 11.5 Å². The molecule has 3 heterocycles. The van der Waals surface area contributed by atoms with E-state index in [1.807, 2.05) is 0 Å². The predicted octanol–water partition coefficient (Wildman–Crippen LogP) is 10.2. The number of aromatic nitrogens is 1. The van der Waals surface area contributed by atoms with Crippen LogP contribution in [0.5, 0.6) is 11.5 Å². The number of hydrogen-bond donors (Lipinski definition) is 0. The van der Waals surface area contributed by atoms with Crippen molar-refractivity contribution >= 4 is 44.9 Å². The molecule has 2 nitrogen and oxygen atoms in total. The van der Waals surface area contributed by atoms with Crippen LogP contribution in [-0.4, -0.2) is 11.3 Å². The summed E-state index contributed by atoms with van der Waals surface area (Å²) in [4.78, 5) is 0. The summed E-state index contributed by atoms with van der Waals surface area (Å²) in [6.45, 7) is 27.6. The van der Waals surface area contributed by atoms with Gasteiger partial charge in [0.15, 0.2) is 0 Å². The fraction of sp³-hybridized carbons (Fsp3) is 0.333. The molecular formula is C45H48BNO. The van der Waals surface area contributed by atoms with Gasteiger partial charge in [-0.15, -0.1) is 0 Å². The Balaban J connectivity index is 1.56. The maximum absolute atomic E-state index is 7.01. The van der Waals surface area contributed by atoms with E-state index in [9.17, 15) is 0 Å². The highest BCUT2D eigenvalue weighted by molar-refractivity contribution is 6.99. The van der Waals surface area contributed by atoms with Gasteiger partial charge in [0.05, 0.1) is 5.52 Å². The predicted molar refractivity (Wildman–Crippen MR) is 208 cm³/mol. The van der Waals surface area contributed by atoms with Crippen molar-refractivity contribution in [1.82, 2.24) is 4.57 Å². The fourth-order valence-corrected chi connectivity index (χ4v) is 8.43. The third kappa shape index (κ3) is 4.53. The van der Waals surface area contributed by atoms with Crippen molar-refractivity contribution in [3.8, 4) is 28.3 Å². The molecule has 6 aromatic rings. The standard InChI is InChI=1S/C45H48BNO/c1-25-17-26(2)40(27(3)18-25)28-19-37-41-39(20-28)48-38-16-14-30(44(7,8)9)23-34(38)46(41)35-24-31(45(10,11)12)22-33-32-21-29(43(4,5)6)13-15-36(32)47(37)42(33)35/h13-24H,1-12H3. The van der Waals surface area contributed by atoms with Crippen LogP contribution < -0.4 is 21.1 Å². The van der Waals surface area contributed by atoms with Gasteiger partial charge in [0, 0.05) is 22.0 Å². The van der Waals surface area contributed by atoms with Crippen molar-refractivity contribution < 1.29 is 4.74 Å². The van der Waals surface area contributed by atoms with Crippen LogP contribution in [0.2, 0.25) is 0 Å². The Bertz CT molecular complexity index is 2330. The Hall–Kier alpha value is -4.24. The van der Waals surface area contributed by atoms with Crippen LogP contribution in [0.3, 0.4) is 0 Å². The average Bonchev–Trinajstić information content (AvgIpc) is 3.31. The zero-order chi connectivity index (χ0) is 34.2. The molecule has 0 saturated heterocycles. The summed E-state index contributed by atoms with van der Waals surface area (Å²) in [5.41, 5.74) is 18.3. The third-order valence-corrected chi connectivity index (χ3v) is 11.0. The van der Waals surface area contributed by atoms with Crippen molar-refractivity contribution in [2.75, 3.05) is 0 Å². The zero-order valence-corrected chi connectivity index (χ0v) is 30.9. The van der Waals surface area contributed by atoms with E-state index >= 15 is 0 Å². The summed E-state index contributed by atoms with van der Waals surface area (Å²) < 4.78 is 9.57. The van der Waals surface area contributed by atoms with Crippen LogP contribution in [-0.2, 0) is 16.2 Å². The minimum atomic E-state index is -0.00450. The second-order valence-electron chi connectivity index (χ2n) is 17.7. The lowest BCUT2D eigenvalue weighted by Crippen LogP contribution is -2.58. The molecule has 0 bridgehead atoms. The largest absolute Gasteiger partial charge is 0.458 e. The Labute approximate surface area is 287 Å². The number of aryl methyl sites for hydroxylation is 3. The smallest absolute Gasteiger partial charge is 0.256 e. The van der Waals surface area contributed by atoms with Gasteiger partial charge in [-0.1, -0.05) is 104 Å². The molecule has 242 valence electrons. The van der Waals surface area contributed by atoms with Crippen molar-refractivity contribution in [3.63, 3.8) is 0 Å². The molecule has 0 fully saturated rings. The zero-order valence-electron chi connectivity index (χ0n) is 30.9. The molecule has 0 spiro atoms. The monoisotopic (exact) mass is 629 g/mol. The molecule has 0 aliphatic carbocycles. The highest BCUT2D eigenvalue weighted by atomic mass is 16.5. The van der Waals surface area contributed by atoms with Gasteiger partial charge < -0.3 is 9.30 Å². The molecule has 5 aromatic carbocycles. The molecule has 0 N–H and O–H groups in total. The minimum Gasteiger partial charge on any atom is -0.458 e. The molecule has 2 aliphatic rings. The Morgan fingerprint density at radius 3 is 1.79 bits per heavy atom. The lowest BCUT2D eigenvalue weighted by atomic mass is 9.34. The normalized spacial score (nSPS) is 14.0. The van der Waals surface area contributed by atoms with Gasteiger partial charge in [-0.3, -0.25) is 0 Å². The van der Waals surface area contributed by atoms with Crippen molar-refractivity contribution in [2.45, 2.75) is 99.3 Å². The SMILES string of the molecule is Cc1cc(C)c(-c2cc3c4c(c2)-n2c5ccc(C(C)(C)C)cc5c5cc(C(C)(C)C)cc(c52)B4c2cc(C(C)(C)C)ccc2O3)c(C)c1. The van der Waals surface area contributed by atoms with E-state index in [2.05, 4.69) is 160 Å². The Kier molecular flexibility index (Phi) is 6.41. The van der Waals surface area contributed by atoms with Crippen molar-refractivity contribution in [2.24, 2.45) is 0 Å². The second-order valence-corrected chi connectivity index (χ2v) is 17.7. The van der Waals surface area contributed by atoms with Gasteiger partial charge in [0.2, 0.25) is 0 Å². The first kappa shape index (κ1) is 31.1. The molecule has 8 rings (SSSR count). The van der Waals surface area contributed by atoms with Crippen LogP contribution in [0.1, 0.15) is 95.7 Å². The molecule has 1 aromatic heterocycles. The van der Waals surface area contributed by atoms with E-state index < -0.39 is 0 Å². The van der Waals surface area contributed by atoms with E-state index in [1.165, 1.54) is 88.4 Å². The number of nitrogens with zero attached hydrogens (tertiary/aromatic N) is 1. The third-order valence-electron chi connectivity index (χ3n) is 11.0. The summed E-state index contributed by atoms with van der Waals surface area (Å²) in [7, 11) is 0. The van der Waals surface area contributed by atoms with Crippen LogP contribution >= 0.6 is 0 Å².